The predicted molar refractivity (Wildman–Crippen MR) is 40.4 cm³/mol. The Hall–Kier alpha value is -0.691. The van der Waals surface area contributed by atoms with E-state index in [-0.39, 0.29) is 38.0 Å². The number of nitrogens with zero attached hydrogens (tertiary/aromatic N) is 2. The minimum atomic E-state index is -4.89. The minimum Gasteiger partial charge on any atom is -0.571 e. The van der Waals surface area contributed by atoms with E-state index in [4.69, 9.17) is 0 Å². The molecule has 0 aliphatic rings. The minimum absolute atomic E-state index is 0. The molecular formula is C7H7CuF6N2-3. The van der Waals surface area contributed by atoms with Crippen molar-refractivity contribution in [2.45, 2.75) is 12.4 Å². The standard InChI is InChI=1S/C5HF6N2.2CH3.Cu/c6-4(7,8)2-1-3(13-12-2)5(9,10)11;;;/h1H;2*1H3;/q3*-1;. The molecule has 0 spiro atoms. The van der Waals surface area contributed by atoms with Crippen LogP contribution in [0.1, 0.15) is 11.4 Å². The Morgan fingerprint density at radius 3 is 1.56 bits per heavy atom. The van der Waals surface area contributed by atoms with Crippen LogP contribution in [0.15, 0.2) is 6.07 Å². The first-order valence-corrected chi connectivity index (χ1v) is 2.86. The van der Waals surface area contributed by atoms with Gasteiger partial charge in [-0.15, -0.1) is 0 Å². The summed E-state index contributed by atoms with van der Waals surface area (Å²) in [6.45, 7) is 0. The van der Waals surface area contributed by atoms with Crippen molar-refractivity contribution in [3.05, 3.63) is 32.3 Å². The van der Waals surface area contributed by atoms with E-state index >= 15 is 0 Å². The summed E-state index contributed by atoms with van der Waals surface area (Å²) >= 11 is 0. The van der Waals surface area contributed by atoms with Crippen LogP contribution < -0.4 is 5.10 Å². The van der Waals surface area contributed by atoms with E-state index in [1.165, 1.54) is 0 Å². The van der Waals surface area contributed by atoms with Gasteiger partial charge in [-0.05, 0) is 11.8 Å². The van der Waals surface area contributed by atoms with E-state index in [0.29, 0.717) is 0 Å². The summed E-state index contributed by atoms with van der Waals surface area (Å²) in [5, 5.41) is 4.72. The molecule has 0 fully saturated rings. The molecule has 101 valence electrons. The Balaban J connectivity index is -0.000000563. The fourth-order valence-electron chi connectivity index (χ4n) is 0.572. The molecule has 0 amide bonds. The molecule has 0 saturated heterocycles. The number of rotatable bonds is 0. The summed E-state index contributed by atoms with van der Waals surface area (Å²) in [4.78, 5) is 0. The van der Waals surface area contributed by atoms with Crippen LogP contribution >= 0.6 is 0 Å². The van der Waals surface area contributed by atoms with Gasteiger partial charge in [0.25, 0.3) is 0 Å². The Morgan fingerprint density at radius 2 is 1.38 bits per heavy atom. The summed E-state index contributed by atoms with van der Waals surface area (Å²) in [6.07, 6.45) is -9.78. The van der Waals surface area contributed by atoms with E-state index in [2.05, 4.69) is 10.2 Å². The van der Waals surface area contributed by atoms with E-state index in [1.54, 1.807) is 0 Å². The third-order valence-electron chi connectivity index (χ3n) is 1.12. The molecular weight excluding hydrogens is 290 g/mol. The van der Waals surface area contributed by atoms with Gasteiger partial charge in [-0.2, -0.15) is 26.3 Å². The molecule has 2 nitrogen and oxygen atoms in total. The first-order chi connectivity index (χ1) is 5.71. The van der Waals surface area contributed by atoms with Crippen molar-refractivity contribution >= 4 is 0 Å². The van der Waals surface area contributed by atoms with E-state index in [0.717, 1.165) is 0 Å². The van der Waals surface area contributed by atoms with Crippen molar-refractivity contribution in [2.24, 2.45) is 0 Å². The fraction of sp³-hybridized carbons (Fsp3) is 0.286. The van der Waals surface area contributed by atoms with Crippen LogP contribution in [-0.2, 0) is 29.4 Å². The number of aromatic nitrogens is 2. The monoisotopic (exact) mass is 296 g/mol. The van der Waals surface area contributed by atoms with Crippen LogP contribution in [0.3, 0.4) is 0 Å². The van der Waals surface area contributed by atoms with Gasteiger partial charge in [0.1, 0.15) is 5.69 Å². The Bertz CT molecular complexity index is 274. The fourth-order valence-corrected chi connectivity index (χ4v) is 0.572. The molecule has 0 atom stereocenters. The summed E-state index contributed by atoms with van der Waals surface area (Å²) in [5.41, 5.74) is -3.28. The van der Waals surface area contributed by atoms with Gasteiger partial charge >= 0.3 is 12.4 Å². The third kappa shape index (κ3) is 4.89. The van der Waals surface area contributed by atoms with Crippen molar-refractivity contribution in [3.8, 4) is 0 Å². The maximum Gasteiger partial charge on any atom is 0.431 e. The van der Waals surface area contributed by atoms with Crippen molar-refractivity contribution in [1.29, 1.82) is 0 Å². The van der Waals surface area contributed by atoms with Gasteiger partial charge in [0.15, 0.2) is 0 Å². The molecule has 0 N–H and O–H groups in total. The quantitative estimate of drug-likeness (QED) is 0.418. The van der Waals surface area contributed by atoms with Gasteiger partial charge in [0.05, 0.1) is 0 Å². The molecule has 0 aliphatic carbocycles. The molecule has 1 heterocycles. The summed E-state index contributed by atoms with van der Waals surface area (Å²) in [5.74, 6) is 0. The first-order valence-electron chi connectivity index (χ1n) is 2.86. The SMILES string of the molecule is FC(F)(F)c1cc(C(F)(F)F)[n-]n1.[CH3-].[CH3-].[Cu]. The zero-order valence-corrected chi connectivity index (χ0v) is 8.98. The number of hydrogen-bond acceptors (Lipinski definition) is 1. The van der Waals surface area contributed by atoms with Crippen molar-refractivity contribution in [1.82, 2.24) is 10.2 Å². The molecule has 16 heavy (non-hydrogen) atoms. The molecule has 1 aromatic rings. The smallest absolute Gasteiger partial charge is 0.431 e. The topological polar surface area (TPSA) is 27.0 Å². The Labute approximate surface area is 98.9 Å². The van der Waals surface area contributed by atoms with E-state index in [9.17, 15) is 26.3 Å². The van der Waals surface area contributed by atoms with Gasteiger partial charge in [0, 0.05) is 17.1 Å². The molecule has 1 rings (SSSR count). The summed E-state index contributed by atoms with van der Waals surface area (Å²) < 4.78 is 70.3. The Morgan fingerprint density at radius 1 is 0.938 bits per heavy atom. The average Bonchev–Trinajstić information content (AvgIpc) is 2.28. The van der Waals surface area contributed by atoms with Gasteiger partial charge in [-0.1, -0.05) is 0 Å². The van der Waals surface area contributed by atoms with Crippen LogP contribution in [0, 0.1) is 14.9 Å². The maximum atomic E-state index is 11.7. The van der Waals surface area contributed by atoms with Crippen LogP contribution in [0.2, 0.25) is 0 Å². The van der Waals surface area contributed by atoms with Crippen molar-refractivity contribution in [3.63, 3.8) is 0 Å². The van der Waals surface area contributed by atoms with Crippen molar-refractivity contribution < 1.29 is 43.4 Å². The number of alkyl halides is 6. The second-order valence-electron chi connectivity index (χ2n) is 2.11. The largest absolute Gasteiger partial charge is 0.571 e. The van der Waals surface area contributed by atoms with Crippen molar-refractivity contribution in [2.75, 3.05) is 0 Å². The molecule has 0 aromatic carbocycles. The zero-order valence-electron chi connectivity index (χ0n) is 8.04. The second-order valence-corrected chi connectivity index (χ2v) is 2.11. The predicted octanol–water partition coefficient (Wildman–Crippen LogP) is 2.97. The summed E-state index contributed by atoms with van der Waals surface area (Å²) in [6, 6.07) is -0.139. The third-order valence-corrected chi connectivity index (χ3v) is 1.12. The van der Waals surface area contributed by atoms with Gasteiger partial charge in [-0.3, -0.25) is 0 Å². The molecule has 9 heteroatoms. The van der Waals surface area contributed by atoms with Crippen LogP contribution in [-0.4, -0.2) is 5.10 Å². The molecule has 1 radical (unpaired) electrons. The number of hydrogen-bond donors (Lipinski definition) is 0. The summed E-state index contributed by atoms with van der Waals surface area (Å²) in [7, 11) is 0. The Kier molecular flexibility index (Phi) is 7.95. The zero-order chi connectivity index (χ0) is 10.3. The van der Waals surface area contributed by atoms with Gasteiger partial charge in [0.2, 0.25) is 0 Å². The molecule has 0 bridgehead atoms. The number of halogens is 6. The van der Waals surface area contributed by atoms with Gasteiger partial charge < -0.3 is 25.1 Å². The molecule has 0 saturated carbocycles. The molecule has 0 aliphatic heterocycles. The van der Waals surface area contributed by atoms with E-state index < -0.39 is 23.7 Å². The average molecular weight is 297 g/mol. The first kappa shape index (κ1) is 20.7. The second kappa shape index (κ2) is 6.15. The van der Waals surface area contributed by atoms with Gasteiger partial charge in [-0.25, -0.2) is 0 Å². The van der Waals surface area contributed by atoms with E-state index in [1.807, 2.05) is 0 Å². The van der Waals surface area contributed by atoms with Crippen LogP contribution in [0.5, 0.6) is 0 Å². The van der Waals surface area contributed by atoms with Crippen LogP contribution in [0.25, 0.3) is 0 Å². The van der Waals surface area contributed by atoms with Crippen LogP contribution in [0.4, 0.5) is 26.3 Å². The molecule has 1 aromatic heterocycles. The normalized spacial score (nSPS) is 10.9. The maximum absolute atomic E-state index is 11.7. The molecule has 0 unspecified atom stereocenters.